The summed E-state index contributed by atoms with van der Waals surface area (Å²) in [6, 6.07) is 14.3. The molecule has 104 valence electrons. The Hall–Kier alpha value is -2.33. The Morgan fingerprint density at radius 2 is 1.90 bits per heavy atom. The van der Waals surface area contributed by atoms with Crippen LogP contribution in [-0.4, -0.2) is 12.2 Å². The summed E-state index contributed by atoms with van der Waals surface area (Å²) < 4.78 is 0. The molecule has 0 bridgehead atoms. The monoisotopic (exact) mass is 295 g/mol. The Kier molecular flexibility index (Phi) is 3.88. The van der Waals surface area contributed by atoms with Crippen LogP contribution in [0.25, 0.3) is 12.2 Å². The normalized spacial score (nSPS) is 12.6. The number of rotatable bonds is 2. The first-order valence-electron chi connectivity index (χ1n) is 6.53. The summed E-state index contributed by atoms with van der Waals surface area (Å²) >= 11 is 1.73. The van der Waals surface area contributed by atoms with Crippen LogP contribution in [0.5, 0.6) is 0 Å². The average Bonchev–Trinajstić information content (AvgIpc) is 2.66. The Morgan fingerprint density at radius 3 is 2.76 bits per heavy atom. The molecule has 2 aromatic rings. The Morgan fingerprint density at radius 1 is 1.10 bits per heavy atom. The highest BCUT2D eigenvalue weighted by atomic mass is 32.2. The molecule has 2 aromatic carbocycles. The molecule has 0 fully saturated rings. The summed E-state index contributed by atoms with van der Waals surface area (Å²) in [7, 11) is 0. The lowest BCUT2D eigenvalue weighted by atomic mass is 10.1. The molecule has 0 unspecified atom stereocenters. The van der Waals surface area contributed by atoms with Gasteiger partial charge in [0.15, 0.2) is 0 Å². The third-order valence-corrected chi connectivity index (χ3v) is 4.21. The van der Waals surface area contributed by atoms with Gasteiger partial charge in [-0.3, -0.25) is 0 Å². The van der Waals surface area contributed by atoms with Crippen molar-refractivity contribution < 1.29 is 9.63 Å². The first-order chi connectivity index (χ1) is 10.2. The zero-order valence-corrected chi connectivity index (χ0v) is 12.3. The van der Waals surface area contributed by atoms with Gasteiger partial charge in [-0.05, 0) is 23.3 Å². The predicted octanol–water partition coefficient (Wildman–Crippen LogP) is 4.22. The number of benzene rings is 2. The van der Waals surface area contributed by atoms with Crippen LogP contribution in [0, 0.1) is 0 Å². The molecule has 0 saturated carbocycles. The Balaban J connectivity index is 1.99. The van der Waals surface area contributed by atoms with Gasteiger partial charge in [-0.2, -0.15) is 0 Å². The van der Waals surface area contributed by atoms with E-state index >= 15 is 0 Å². The topological polar surface area (TPSA) is 38.7 Å². The minimum Gasteiger partial charge on any atom is -0.319 e. The van der Waals surface area contributed by atoms with Crippen molar-refractivity contribution in [3.05, 3.63) is 59.2 Å². The highest BCUT2D eigenvalue weighted by molar-refractivity contribution is 7.99. The summed E-state index contributed by atoms with van der Waals surface area (Å²) in [4.78, 5) is 17.8. The van der Waals surface area contributed by atoms with Crippen molar-refractivity contribution in [1.29, 1.82) is 0 Å². The molecule has 0 amide bonds. The number of carbonyl (C=O) groups is 1. The van der Waals surface area contributed by atoms with Crippen LogP contribution in [0.1, 0.15) is 23.6 Å². The first-order valence-corrected chi connectivity index (χ1v) is 7.34. The lowest BCUT2D eigenvalue weighted by molar-refractivity contribution is -0.140. The van der Waals surface area contributed by atoms with Crippen LogP contribution in [0.4, 0.5) is 0 Å². The number of hydrogen-bond donors (Lipinski definition) is 0. The van der Waals surface area contributed by atoms with E-state index in [0.29, 0.717) is 0 Å². The van der Waals surface area contributed by atoms with Gasteiger partial charge in [-0.25, -0.2) is 4.79 Å². The van der Waals surface area contributed by atoms with E-state index < -0.39 is 5.97 Å². The second-order valence-electron chi connectivity index (χ2n) is 4.55. The van der Waals surface area contributed by atoms with Crippen molar-refractivity contribution in [1.82, 2.24) is 0 Å². The number of nitrogens with zero attached hydrogens (tertiary/aromatic N) is 1. The number of hydrogen-bond acceptors (Lipinski definition) is 4. The van der Waals surface area contributed by atoms with Crippen molar-refractivity contribution in [3.63, 3.8) is 0 Å². The second kappa shape index (κ2) is 5.97. The molecule has 0 N–H and O–H groups in total. The van der Waals surface area contributed by atoms with Crippen LogP contribution in [0.15, 0.2) is 57.4 Å². The molecule has 0 spiro atoms. The molecule has 0 radical (unpaired) electrons. The van der Waals surface area contributed by atoms with Gasteiger partial charge in [0, 0.05) is 22.3 Å². The minimum absolute atomic E-state index is 0.425. The number of oxime groups is 1. The van der Waals surface area contributed by atoms with E-state index in [1.54, 1.807) is 18.0 Å². The molecule has 0 aromatic heterocycles. The molecule has 4 heteroatoms. The fraction of sp³-hybridized carbons (Fsp3) is 0.0588. The van der Waals surface area contributed by atoms with Crippen LogP contribution in [0.2, 0.25) is 0 Å². The van der Waals surface area contributed by atoms with Gasteiger partial charge in [-0.15, -0.1) is 0 Å². The zero-order valence-electron chi connectivity index (χ0n) is 11.4. The van der Waals surface area contributed by atoms with Gasteiger partial charge >= 0.3 is 5.97 Å². The maximum Gasteiger partial charge on any atom is 0.331 e. The predicted molar refractivity (Wildman–Crippen MR) is 85.3 cm³/mol. The molecule has 0 saturated heterocycles. The van der Waals surface area contributed by atoms with Crippen LogP contribution in [-0.2, 0) is 9.63 Å². The summed E-state index contributed by atoms with van der Waals surface area (Å²) in [6.45, 7) is 1.33. The third kappa shape index (κ3) is 3.06. The van der Waals surface area contributed by atoms with E-state index in [1.807, 2.05) is 24.3 Å². The first kappa shape index (κ1) is 13.6. The molecule has 0 aliphatic carbocycles. The highest BCUT2D eigenvalue weighted by Gasteiger charge is 2.11. The SMILES string of the molecule is CC(=O)O/N=C/c1cccc2c1C=Cc1ccccc1S2. The van der Waals surface area contributed by atoms with E-state index in [9.17, 15) is 4.79 Å². The van der Waals surface area contributed by atoms with Crippen LogP contribution < -0.4 is 0 Å². The molecule has 1 aliphatic rings. The second-order valence-corrected chi connectivity index (χ2v) is 5.63. The number of fused-ring (bicyclic) bond motifs is 2. The lowest BCUT2D eigenvalue weighted by Crippen LogP contribution is -1.94. The van der Waals surface area contributed by atoms with Gasteiger partial charge < -0.3 is 4.84 Å². The van der Waals surface area contributed by atoms with Gasteiger partial charge in [0.25, 0.3) is 0 Å². The summed E-state index contributed by atoms with van der Waals surface area (Å²) in [5.74, 6) is -0.425. The van der Waals surface area contributed by atoms with E-state index in [4.69, 9.17) is 0 Å². The highest BCUT2D eigenvalue weighted by Crippen LogP contribution is 2.38. The zero-order chi connectivity index (χ0) is 14.7. The molecule has 1 heterocycles. The van der Waals surface area contributed by atoms with E-state index in [0.717, 1.165) is 16.0 Å². The van der Waals surface area contributed by atoms with Crippen molar-refractivity contribution in [2.24, 2.45) is 5.16 Å². The minimum atomic E-state index is -0.425. The summed E-state index contributed by atoms with van der Waals surface area (Å²) in [6.07, 6.45) is 5.74. The smallest absolute Gasteiger partial charge is 0.319 e. The molecular formula is C17H13NO2S. The summed E-state index contributed by atoms with van der Waals surface area (Å²) in [5, 5.41) is 3.71. The van der Waals surface area contributed by atoms with Gasteiger partial charge in [0.2, 0.25) is 0 Å². The largest absolute Gasteiger partial charge is 0.331 e. The maximum absolute atomic E-state index is 10.8. The molecule has 1 aliphatic heterocycles. The fourth-order valence-electron chi connectivity index (χ4n) is 2.10. The van der Waals surface area contributed by atoms with Gasteiger partial charge in [-0.1, -0.05) is 59.4 Å². The standard InChI is InChI=1S/C17H13NO2S/c1-12(19)20-18-11-14-6-4-8-17-15(14)10-9-13-5-2-3-7-16(13)21-17/h2-11H,1H3/b18-11+. The van der Waals surface area contributed by atoms with Gasteiger partial charge in [0.1, 0.15) is 0 Å². The maximum atomic E-state index is 10.8. The van der Waals surface area contributed by atoms with E-state index in [-0.39, 0.29) is 0 Å². The van der Waals surface area contributed by atoms with Crippen molar-refractivity contribution in [2.45, 2.75) is 16.7 Å². The van der Waals surface area contributed by atoms with E-state index in [1.165, 1.54) is 17.4 Å². The summed E-state index contributed by atoms with van der Waals surface area (Å²) in [5.41, 5.74) is 3.20. The fourth-order valence-corrected chi connectivity index (χ4v) is 3.18. The van der Waals surface area contributed by atoms with Crippen molar-refractivity contribution in [3.8, 4) is 0 Å². The van der Waals surface area contributed by atoms with Crippen LogP contribution >= 0.6 is 11.8 Å². The molecule has 3 rings (SSSR count). The van der Waals surface area contributed by atoms with Crippen molar-refractivity contribution in [2.75, 3.05) is 0 Å². The van der Waals surface area contributed by atoms with Gasteiger partial charge in [0.05, 0.1) is 6.21 Å². The number of carbonyl (C=O) groups excluding carboxylic acids is 1. The quantitative estimate of drug-likeness (QED) is 0.403. The van der Waals surface area contributed by atoms with Crippen LogP contribution in [0.3, 0.4) is 0 Å². The molecular weight excluding hydrogens is 282 g/mol. The molecule has 0 atom stereocenters. The van der Waals surface area contributed by atoms with E-state index in [2.05, 4.69) is 40.3 Å². The molecule has 21 heavy (non-hydrogen) atoms. The Bertz CT molecular complexity index is 750. The lowest BCUT2D eigenvalue weighted by Gasteiger charge is -2.07. The van der Waals surface area contributed by atoms with Crippen molar-refractivity contribution >= 4 is 36.1 Å². The average molecular weight is 295 g/mol. The third-order valence-electron chi connectivity index (χ3n) is 3.04. The molecule has 3 nitrogen and oxygen atoms in total. The Labute approximate surface area is 127 Å².